The molecule has 0 aromatic heterocycles. The monoisotopic (exact) mass is 466 g/mol. The normalized spacial score (nSPS) is 20.4. The van der Waals surface area contributed by atoms with Crippen molar-refractivity contribution in [2.75, 3.05) is 51.3 Å². The molecule has 1 atom stereocenters. The summed E-state index contributed by atoms with van der Waals surface area (Å²) in [4.78, 5) is 16.5. The summed E-state index contributed by atoms with van der Waals surface area (Å²) in [6, 6.07) is 5.48. The van der Waals surface area contributed by atoms with Crippen LogP contribution in [0.3, 0.4) is 0 Å². The van der Waals surface area contributed by atoms with Gasteiger partial charge in [-0.3, -0.25) is 0 Å². The highest BCUT2D eigenvalue weighted by molar-refractivity contribution is 5.74. The van der Waals surface area contributed by atoms with Crippen LogP contribution in [0.2, 0.25) is 0 Å². The van der Waals surface area contributed by atoms with E-state index in [1.807, 2.05) is 9.80 Å². The summed E-state index contributed by atoms with van der Waals surface area (Å²) in [5, 5.41) is 12.0. The number of urea groups is 1. The van der Waals surface area contributed by atoms with E-state index in [1.54, 1.807) is 19.2 Å². The second-order valence-electron chi connectivity index (χ2n) is 9.64. The largest absolute Gasteiger partial charge is 0.417 e. The minimum Gasteiger partial charge on any atom is -0.384 e. The summed E-state index contributed by atoms with van der Waals surface area (Å²) in [7, 11) is 1.66. The quantitative estimate of drug-likeness (QED) is 0.671. The summed E-state index contributed by atoms with van der Waals surface area (Å²) < 4.78 is 45.6. The minimum absolute atomic E-state index is 0.0574. The van der Waals surface area contributed by atoms with E-state index in [1.165, 1.54) is 6.07 Å². The molecule has 1 spiro atoms. The fraction of sp³-hybridized carbons (Fsp3) is 0.667. The zero-order valence-electron chi connectivity index (χ0n) is 19.5. The predicted molar refractivity (Wildman–Crippen MR) is 120 cm³/mol. The summed E-state index contributed by atoms with van der Waals surface area (Å²) >= 11 is 0. The van der Waals surface area contributed by atoms with Crippen molar-refractivity contribution in [3.63, 3.8) is 0 Å². The van der Waals surface area contributed by atoms with Crippen molar-refractivity contribution < 1.29 is 22.7 Å². The Kier molecular flexibility index (Phi) is 7.78. The lowest BCUT2D eigenvalue weighted by atomic mass is 9.71. The fourth-order valence-corrected chi connectivity index (χ4v) is 5.04. The maximum absolute atomic E-state index is 13.4. The Morgan fingerprint density at radius 2 is 2.03 bits per heavy atom. The molecule has 2 saturated heterocycles. The lowest BCUT2D eigenvalue weighted by Gasteiger charge is -2.43. The number of rotatable bonds is 6. The van der Waals surface area contributed by atoms with Crippen molar-refractivity contribution in [3.05, 3.63) is 29.3 Å². The molecule has 0 saturated carbocycles. The van der Waals surface area contributed by atoms with E-state index in [0.717, 1.165) is 25.3 Å². The number of piperidine rings is 1. The fourth-order valence-electron chi connectivity index (χ4n) is 5.04. The van der Waals surface area contributed by atoms with E-state index >= 15 is 0 Å². The Bertz CT molecular complexity index is 873. The number of nitriles is 1. The van der Waals surface area contributed by atoms with Crippen LogP contribution >= 0.6 is 0 Å². The molecule has 1 N–H and O–H groups in total. The summed E-state index contributed by atoms with van der Waals surface area (Å²) in [5.41, 5.74) is -0.901. The first kappa shape index (κ1) is 25.2. The molecule has 9 heteroatoms. The number of nitrogens with one attached hydrogen (secondary N) is 1. The lowest BCUT2D eigenvalue weighted by molar-refractivity contribution is -0.137. The van der Waals surface area contributed by atoms with Gasteiger partial charge in [0.15, 0.2) is 0 Å². The number of alkyl halides is 3. The van der Waals surface area contributed by atoms with E-state index in [0.29, 0.717) is 50.9 Å². The van der Waals surface area contributed by atoms with Crippen molar-refractivity contribution in [2.45, 2.75) is 39.3 Å². The van der Waals surface area contributed by atoms with Crippen LogP contribution in [0.5, 0.6) is 0 Å². The van der Waals surface area contributed by atoms with Gasteiger partial charge in [-0.25, -0.2) is 4.79 Å². The van der Waals surface area contributed by atoms with Gasteiger partial charge in [-0.1, -0.05) is 13.8 Å². The topological polar surface area (TPSA) is 68.6 Å². The Hall–Kier alpha value is -2.47. The van der Waals surface area contributed by atoms with Crippen LogP contribution in [0.1, 0.15) is 44.2 Å². The van der Waals surface area contributed by atoms with Crippen LogP contribution in [0.15, 0.2) is 18.2 Å². The van der Waals surface area contributed by atoms with Crippen molar-refractivity contribution in [3.8, 4) is 6.07 Å². The lowest BCUT2D eigenvalue weighted by Crippen LogP contribution is -2.46. The van der Waals surface area contributed by atoms with Crippen LogP contribution in [-0.2, 0) is 10.9 Å². The van der Waals surface area contributed by atoms with Gasteiger partial charge >= 0.3 is 12.2 Å². The molecule has 2 amide bonds. The molecule has 1 unspecified atom stereocenters. The molecular weight excluding hydrogens is 433 g/mol. The number of benzene rings is 1. The average Bonchev–Trinajstić information content (AvgIpc) is 3.11. The maximum atomic E-state index is 13.4. The molecule has 0 bridgehead atoms. The maximum Gasteiger partial charge on any atom is 0.417 e. The molecule has 2 aliphatic rings. The third-order valence-corrected chi connectivity index (χ3v) is 7.02. The van der Waals surface area contributed by atoms with Crippen LogP contribution in [0, 0.1) is 28.6 Å². The minimum atomic E-state index is -4.57. The Morgan fingerprint density at radius 3 is 2.61 bits per heavy atom. The highest BCUT2D eigenvalue weighted by atomic mass is 19.4. The highest BCUT2D eigenvalue weighted by Crippen LogP contribution is 2.46. The first-order chi connectivity index (χ1) is 15.6. The number of hydrogen-bond donors (Lipinski definition) is 1. The van der Waals surface area contributed by atoms with Crippen molar-refractivity contribution in [1.29, 1.82) is 5.26 Å². The number of hydrogen-bond acceptors (Lipinski definition) is 4. The molecule has 182 valence electrons. The van der Waals surface area contributed by atoms with Crippen molar-refractivity contribution >= 4 is 11.7 Å². The molecule has 3 rings (SSSR count). The zero-order chi connectivity index (χ0) is 24.2. The standard InChI is InChI=1S/C24H33F3N4O2/c1-17(2)6-9-29-22(32)31-14-19(15-33-3)23(16-31)7-10-30(11-8-23)20-5-4-18(13-28)21(12-20)24(25,26)27/h4-5,12,17,19H,6-11,14-16H2,1-3H3,(H,29,32). The number of anilines is 1. The molecule has 0 aliphatic carbocycles. The number of halogens is 3. The second-order valence-corrected chi connectivity index (χ2v) is 9.64. The molecule has 1 aromatic carbocycles. The van der Waals surface area contributed by atoms with Gasteiger partial charge in [-0.15, -0.1) is 0 Å². The number of nitrogens with zero attached hydrogens (tertiary/aromatic N) is 3. The molecule has 2 aliphatic heterocycles. The summed E-state index contributed by atoms with van der Waals surface area (Å²) in [6.45, 7) is 7.85. The first-order valence-corrected chi connectivity index (χ1v) is 11.5. The smallest absolute Gasteiger partial charge is 0.384 e. The molecule has 33 heavy (non-hydrogen) atoms. The zero-order valence-corrected chi connectivity index (χ0v) is 19.5. The van der Waals surface area contributed by atoms with Gasteiger partial charge in [-0.05, 0) is 48.8 Å². The van der Waals surface area contributed by atoms with Crippen LogP contribution in [0.4, 0.5) is 23.7 Å². The summed E-state index contributed by atoms with van der Waals surface area (Å²) in [6.07, 6.45) is -2.13. The van der Waals surface area contributed by atoms with Gasteiger partial charge in [-0.2, -0.15) is 18.4 Å². The highest BCUT2D eigenvalue weighted by Gasteiger charge is 2.49. The predicted octanol–water partition coefficient (Wildman–Crippen LogP) is 4.50. The number of methoxy groups -OCH3 is 1. The SMILES string of the molecule is COCC1CN(C(=O)NCCC(C)C)CC12CCN(c1ccc(C#N)c(C(F)(F)F)c1)CC2. The van der Waals surface area contributed by atoms with E-state index < -0.39 is 11.7 Å². The summed E-state index contributed by atoms with van der Waals surface area (Å²) in [5.74, 6) is 0.702. The van der Waals surface area contributed by atoms with Gasteiger partial charge in [0, 0.05) is 51.4 Å². The first-order valence-electron chi connectivity index (χ1n) is 11.5. The third kappa shape index (κ3) is 5.72. The van der Waals surface area contributed by atoms with Gasteiger partial charge in [0.1, 0.15) is 0 Å². The number of ether oxygens (including phenoxy) is 1. The van der Waals surface area contributed by atoms with Gasteiger partial charge < -0.3 is 19.9 Å². The molecule has 1 aromatic rings. The van der Waals surface area contributed by atoms with Gasteiger partial charge in [0.25, 0.3) is 0 Å². The van der Waals surface area contributed by atoms with Crippen molar-refractivity contribution in [2.24, 2.45) is 17.3 Å². The van der Waals surface area contributed by atoms with Crippen LogP contribution in [0.25, 0.3) is 0 Å². The van der Waals surface area contributed by atoms with E-state index in [4.69, 9.17) is 10.00 Å². The van der Waals surface area contributed by atoms with Crippen molar-refractivity contribution in [1.82, 2.24) is 10.2 Å². The molecular formula is C24H33F3N4O2. The number of carbonyl (C=O) groups is 1. The molecule has 2 heterocycles. The average molecular weight is 467 g/mol. The van der Waals surface area contributed by atoms with Gasteiger partial charge in [0.05, 0.1) is 23.8 Å². The van der Waals surface area contributed by atoms with Crippen LogP contribution in [-0.4, -0.2) is 57.4 Å². The molecule has 2 fully saturated rings. The Morgan fingerprint density at radius 1 is 1.33 bits per heavy atom. The van der Waals surface area contributed by atoms with E-state index in [9.17, 15) is 18.0 Å². The van der Waals surface area contributed by atoms with E-state index in [2.05, 4.69) is 19.2 Å². The van der Waals surface area contributed by atoms with Gasteiger partial charge in [0.2, 0.25) is 0 Å². The third-order valence-electron chi connectivity index (χ3n) is 7.02. The van der Waals surface area contributed by atoms with E-state index in [-0.39, 0.29) is 22.9 Å². The Labute approximate surface area is 193 Å². The number of likely N-dealkylation sites (tertiary alicyclic amines) is 1. The van der Waals surface area contributed by atoms with Crippen LogP contribution < -0.4 is 10.2 Å². The number of carbonyl (C=O) groups excluding carboxylic acids is 1. The molecule has 0 radical (unpaired) electrons. The number of amides is 2. The second kappa shape index (κ2) is 10.2. The molecule has 6 nitrogen and oxygen atoms in total. The Balaban J connectivity index is 1.69.